The van der Waals surface area contributed by atoms with Crippen molar-refractivity contribution in [2.75, 3.05) is 6.54 Å². The summed E-state index contributed by atoms with van der Waals surface area (Å²) < 4.78 is 1.99. The van der Waals surface area contributed by atoms with E-state index in [2.05, 4.69) is 55.7 Å². The molecule has 0 N–H and O–H groups in total. The van der Waals surface area contributed by atoms with Crippen molar-refractivity contribution >= 4 is 11.3 Å². The zero-order valence-corrected chi connectivity index (χ0v) is 18.7. The molecule has 8 heteroatoms. The summed E-state index contributed by atoms with van der Waals surface area (Å²) in [6.45, 7) is 2.59. The Labute approximate surface area is 195 Å². The highest BCUT2D eigenvalue weighted by atomic mass is 32.1. The SMILES string of the molecule is c1ccc(-n2cc(CN3CCc4nc(-c5cncnc5)ncc4C3)c(-c3cccs3)n2)cc1. The molecule has 0 saturated heterocycles. The van der Waals surface area contributed by atoms with Gasteiger partial charge in [-0.25, -0.2) is 24.6 Å². The van der Waals surface area contributed by atoms with Gasteiger partial charge in [-0.05, 0) is 23.6 Å². The predicted octanol–water partition coefficient (Wildman–Crippen LogP) is 4.41. The van der Waals surface area contributed by atoms with E-state index in [1.165, 1.54) is 22.3 Å². The van der Waals surface area contributed by atoms with Gasteiger partial charge in [0.05, 0.1) is 21.8 Å². The van der Waals surface area contributed by atoms with E-state index < -0.39 is 0 Å². The van der Waals surface area contributed by atoms with Crippen molar-refractivity contribution in [1.82, 2.24) is 34.6 Å². The number of rotatable bonds is 5. The Bertz CT molecular complexity index is 1360. The molecule has 5 aromatic rings. The lowest BCUT2D eigenvalue weighted by Crippen LogP contribution is -2.31. The number of nitrogens with zero attached hydrogens (tertiary/aromatic N) is 7. The van der Waals surface area contributed by atoms with Crippen LogP contribution < -0.4 is 0 Å². The third kappa shape index (κ3) is 4.06. The normalized spacial score (nSPS) is 13.7. The van der Waals surface area contributed by atoms with Gasteiger partial charge >= 0.3 is 0 Å². The highest BCUT2D eigenvalue weighted by molar-refractivity contribution is 7.13. The van der Waals surface area contributed by atoms with Gasteiger partial charge in [0.2, 0.25) is 0 Å². The van der Waals surface area contributed by atoms with Crippen LogP contribution in [0, 0.1) is 0 Å². The summed E-state index contributed by atoms with van der Waals surface area (Å²) in [6.07, 6.45) is 10.0. The van der Waals surface area contributed by atoms with Crippen molar-refractivity contribution in [2.24, 2.45) is 0 Å². The van der Waals surface area contributed by atoms with Crippen LogP contribution in [0.4, 0.5) is 0 Å². The molecule has 1 aliphatic rings. The first-order chi connectivity index (χ1) is 16.3. The molecule has 0 saturated carbocycles. The summed E-state index contributed by atoms with van der Waals surface area (Å²) in [7, 11) is 0. The molecule has 0 bridgehead atoms. The van der Waals surface area contributed by atoms with Gasteiger partial charge in [0.1, 0.15) is 12.0 Å². The Morgan fingerprint density at radius 2 is 1.85 bits per heavy atom. The fraction of sp³-hybridized carbons (Fsp3) is 0.160. The molecular weight excluding hydrogens is 430 g/mol. The summed E-state index contributed by atoms with van der Waals surface area (Å²) in [6, 6.07) is 14.5. The van der Waals surface area contributed by atoms with E-state index in [1.54, 1.807) is 23.7 Å². The number of aromatic nitrogens is 6. The lowest BCUT2D eigenvalue weighted by molar-refractivity contribution is 0.243. The van der Waals surface area contributed by atoms with Gasteiger partial charge in [-0.1, -0.05) is 24.3 Å². The van der Waals surface area contributed by atoms with Crippen molar-refractivity contribution in [3.63, 3.8) is 0 Å². The fourth-order valence-electron chi connectivity index (χ4n) is 4.16. The fourth-order valence-corrected chi connectivity index (χ4v) is 4.91. The Kier molecular flexibility index (Phi) is 5.22. The summed E-state index contributed by atoms with van der Waals surface area (Å²) in [5.41, 5.74) is 6.47. The van der Waals surface area contributed by atoms with Crippen LogP contribution in [0.3, 0.4) is 0 Å². The Morgan fingerprint density at radius 3 is 2.67 bits per heavy atom. The van der Waals surface area contributed by atoms with E-state index in [4.69, 9.17) is 10.1 Å². The van der Waals surface area contributed by atoms with Crippen molar-refractivity contribution < 1.29 is 0 Å². The second-order valence-corrected chi connectivity index (χ2v) is 8.96. The molecule has 0 atom stereocenters. The zero-order chi connectivity index (χ0) is 22.0. The third-order valence-corrected chi connectivity index (χ3v) is 6.67. The van der Waals surface area contributed by atoms with Crippen molar-refractivity contribution in [3.8, 4) is 27.6 Å². The molecule has 0 fully saturated rings. The first-order valence-electron chi connectivity index (χ1n) is 10.8. The van der Waals surface area contributed by atoms with Crippen molar-refractivity contribution in [3.05, 3.63) is 95.8 Å². The maximum atomic E-state index is 4.94. The van der Waals surface area contributed by atoms with Gasteiger partial charge in [-0.3, -0.25) is 4.90 Å². The highest BCUT2D eigenvalue weighted by Gasteiger charge is 2.22. The molecule has 1 aliphatic heterocycles. The Balaban J connectivity index is 1.26. The molecule has 1 aromatic carbocycles. The van der Waals surface area contributed by atoms with Crippen LogP contribution >= 0.6 is 11.3 Å². The maximum Gasteiger partial charge on any atom is 0.162 e. The molecule has 0 spiro atoms. The molecule has 0 amide bonds. The van der Waals surface area contributed by atoms with Crippen LogP contribution in [0.15, 0.2) is 79.0 Å². The van der Waals surface area contributed by atoms with Gasteiger partial charge in [-0.2, -0.15) is 5.10 Å². The van der Waals surface area contributed by atoms with E-state index >= 15 is 0 Å². The van der Waals surface area contributed by atoms with Crippen LogP contribution in [0.2, 0.25) is 0 Å². The standard InChI is InChI=1S/C25H21N7S/c1-2-5-21(6-3-1)32-16-20(24(30-32)23-7-4-10-33-23)15-31-9-8-22-19(14-31)13-28-25(29-22)18-11-26-17-27-12-18/h1-7,10-13,16-17H,8-9,14-15H2. The van der Waals surface area contributed by atoms with Gasteiger partial charge in [0.25, 0.3) is 0 Å². The van der Waals surface area contributed by atoms with E-state index in [9.17, 15) is 0 Å². The van der Waals surface area contributed by atoms with Crippen molar-refractivity contribution in [1.29, 1.82) is 0 Å². The van der Waals surface area contributed by atoms with Crippen LogP contribution in [0.25, 0.3) is 27.6 Å². The number of para-hydroxylation sites is 1. The number of thiophene rings is 1. The smallest absolute Gasteiger partial charge is 0.162 e. The number of hydrogen-bond donors (Lipinski definition) is 0. The first-order valence-corrected chi connectivity index (χ1v) is 11.7. The minimum atomic E-state index is 0.687. The van der Waals surface area contributed by atoms with Crippen LogP contribution in [0.5, 0.6) is 0 Å². The number of hydrogen-bond acceptors (Lipinski definition) is 7. The predicted molar refractivity (Wildman–Crippen MR) is 128 cm³/mol. The average Bonchev–Trinajstić information content (AvgIpc) is 3.55. The molecule has 5 heterocycles. The van der Waals surface area contributed by atoms with E-state index in [0.29, 0.717) is 5.82 Å². The molecule has 7 nitrogen and oxygen atoms in total. The summed E-state index contributed by atoms with van der Waals surface area (Å²) in [4.78, 5) is 21.2. The lowest BCUT2D eigenvalue weighted by Gasteiger charge is -2.27. The molecule has 0 aliphatic carbocycles. The number of fused-ring (bicyclic) bond motifs is 1. The van der Waals surface area contributed by atoms with Crippen LogP contribution in [-0.4, -0.2) is 41.2 Å². The van der Waals surface area contributed by atoms with E-state index in [0.717, 1.165) is 48.7 Å². The molecule has 6 rings (SSSR count). The highest BCUT2D eigenvalue weighted by Crippen LogP contribution is 2.30. The minimum Gasteiger partial charge on any atom is -0.294 e. The van der Waals surface area contributed by atoms with E-state index in [-0.39, 0.29) is 0 Å². The molecule has 33 heavy (non-hydrogen) atoms. The van der Waals surface area contributed by atoms with Gasteiger partial charge in [-0.15, -0.1) is 11.3 Å². The van der Waals surface area contributed by atoms with Crippen molar-refractivity contribution in [2.45, 2.75) is 19.5 Å². The summed E-state index contributed by atoms with van der Waals surface area (Å²) in [5, 5.41) is 7.04. The van der Waals surface area contributed by atoms with E-state index in [1.807, 2.05) is 29.1 Å². The second kappa shape index (κ2) is 8.65. The number of benzene rings is 1. The molecule has 4 aromatic heterocycles. The monoisotopic (exact) mass is 451 g/mol. The second-order valence-electron chi connectivity index (χ2n) is 8.01. The third-order valence-electron chi connectivity index (χ3n) is 5.79. The van der Waals surface area contributed by atoms with Crippen LogP contribution in [-0.2, 0) is 19.5 Å². The lowest BCUT2D eigenvalue weighted by atomic mass is 10.1. The minimum absolute atomic E-state index is 0.687. The molecular formula is C25H21N7S. The first kappa shape index (κ1) is 19.9. The maximum absolute atomic E-state index is 4.94. The topological polar surface area (TPSA) is 72.6 Å². The molecule has 0 unspecified atom stereocenters. The molecule has 162 valence electrons. The quantitative estimate of drug-likeness (QED) is 0.394. The van der Waals surface area contributed by atoms with Gasteiger partial charge < -0.3 is 0 Å². The Morgan fingerprint density at radius 1 is 0.970 bits per heavy atom. The zero-order valence-electron chi connectivity index (χ0n) is 17.9. The summed E-state index contributed by atoms with van der Waals surface area (Å²) >= 11 is 1.72. The molecule has 0 radical (unpaired) electrons. The largest absolute Gasteiger partial charge is 0.294 e. The average molecular weight is 452 g/mol. The van der Waals surface area contributed by atoms with Gasteiger partial charge in [0.15, 0.2) is 5.82 Å². The summed E-state index contributed by atoms with van der Waals surface area (Å²) in [5.74, 6) is 0.687. The van der Waals surface area contributed by atoms with Crippen LogP contribution in [0.1, 0.15) is 16.8 Å². The Hall–Kier alpha value is -3.75. The van der Waals surface area contributed by atoms with Gasteiger partial charge in [0, 0.05) is 62.0 Å².